The first kappa shape index (κ1) is 23.1. The Morgan fingerprint density at radius 2 is 2.00 bits per heavy atom. The second-order valence-corrected chi connectivity index (χ2v) is 8.97. The van der Waals surface area contributed by atoms with E-state index in [-0.39, 0.29) is 5.78 Å². The number of nitrogens with zero attached hydrogens (tertiary/aromatic N) is 5. The van der Waals surface area contributed by atoms with Crippen LogP contribution in [-0.2, 0) is 0 Å². The lowest BCUT2D eigenvalue weighted by atomic mass is 10.0. The molecule has 0 aromatic carbocycles. The molecule has 1 atom stereocenters. The zero-order valence-corrected chi connectivity index (χ0v) is 20.4. The van der Waals surface area contributed by atoms with Gasteiger partial charge in [-0.2, -0.15) is 5.10 Å². The van der Waals surface area contributed by atoms with Gasteiger partial charge in [-0.1, -0.05) is 19.9 Å². The van der Waals surface area contributed by atoms with Crippen LogP contribution in [0.2, 0.25) is 0 Å². The van der Waals surface area contributed by atoms with Gasteiger partial charge in [-0.05, 0) is 56.1 Å². The minimum absolute atomic E-state index is 0.123. The zero-order chi connectivity index (χ0) is 23.4. The van der Waals surface area contributed by atoms with Crippen LogP contribution in [0.4, 0.5) is 5.82 Å². The SMILES string of the molecule is CCN(CC)[C@@H](C)CCC(=O)c1cc(NC)nc(-c2cnn3ccc(-c4cccs4)nc23)c1. The fourth-order valence-corrected chi connectivity index (χ4v) is 4.78. The minimum Gasteiger partial charge on any atom is -0.373 e. The average Bonchev–Trinajstić information content (AvgIpc) is 3.52. The zero-order valence-electron chi connectivity index (χ0n) is 19.6. The lowest BCUT2D eigenvalue weighted by molar-refractivity contribution is 0.0964. The summed E-state index contributed by atoms with van der Waals surface area (Å²) in [6.45, 7) is 8.48. The van der Waals surface area contributed by atoms with E-state index in [1.54, 1.807) is 22.0 Å². The van der Waals surface area contributed by atoms with Crippen LogP contribution in [0.3, 0.4) is 0 Å². The van der Waals surface area contributed by atoms with Crippen LogP contribution in [0.15, 0.2) is 48.1 Å². The van der Waals surface area contributed by atoms with Crippen molar-refractivity contribution in [3.63, 3.8) is 0 Å². The Kier molecular flexibility index (Phi) is 7.15. The molecule has 0 fully saturated rings. The monoisotopic (exact) mass is 462 g/mol. The Balaban J connectivity index is 1.65. The van der Waals surface area contributed by atoms with Crippen molar-refractivity contribution in [2.45, 2.75) is 39.7 Å². The maximum atomic E-state index is 13.1. The second-order valence-electron chi connectivity index (χ2n) is 8.02. The summed E-state index contributed by atoms with van der Waals surface area (Å²) in [6.07, 6.45) is 5.00. The molecule has 4 aromatic heterocycles. The number of fused-ring (bicyclic) bond motifs is 1. The largest absolute Gasteiger partial charge is 0.373 e. The van der Waals surface area contributed by atoms with Crippen LogP contribution in [0.5, 0.6) is 0 Å². The van der Waals surface area contributed by atoms with Crippen molar-refractivity contribution < 1.29 is 4.79 Å². The Morgan fingerprint density at radius 3 is 2.70 bits per heavy atom. The first-order valence-corrected chi connectivity index (χ1v) is 12.3. The number of anilines is 1. The number of carbonyl (C=O) groups excluding carboxylic acids is 1. The van der Waals surface area contributed by atoms with E-state index in [9.17, 15) is 4.79 Å². The molecular formula is C25H30N6OS. The molecule has 33 heavy (non-hydrogen) atoms. The van der Waals surface area contributed by atoms with Crippen LogP contribution in [0.25, 0.3) is 27.5 Å². The van der Waals surface area contributed by atoms with Gasteiger partial charge in [0.05, 0.1) is 28.0 Å². The summed E-state index contributed by atoms with van der Waals surface area (Å²) in [5.41, 5.74) is 3.76. The summed E-state index contributed by atoms with van der Waals surface area (Å²) in [7, 11) is 1.81. The smallest absolute Gasteiger partial charge is 0.165 e. The molecule has 0 amide bonds. The predicted octanol–water partition coefficient (Wildman–Crippen LogP) is 5.25. The standard InChI is InChI=1S/C25H30N6OS/c1-5-30(6-2)17(3)9-10-22(32)18-14-21(28-24(15-18)26-4)19-16-27-31-12-11-20(29-25(19)31)23-8-7-13-33-23/h7-8,11-17H,5-6,9-10H2,1-4H3,(H,26,28)/t17-/m0/s1. The number of hydrogen-bond donors (Lipinski definition) is 1. The number of pyridine rings is 1. The highest BCUT2D eigenvalue weighted by molar-refractivity contribution is 7.13. The van der Waals surface area contributed by atoms with Crippen molar-refractivity contribution in [2.75, 3.05) is 25.5 Å². The normalized spacial score (nSPS) is 12.4. The maximum Gasteiger partial charge on any atom is 0.165 e. The van der Waals surface area contributed by atoms with Gasteiger partial charge in [0.2, 0.25) is 0 Å². The molecule has 0 radical (unpaired) electrons. The van der Waals surface area contributed by atoms with Gasteiger partial charge in [0, 0.05) is 31.3 Å². The van der Waals surface area contributed by atoms with E-state index >= 15 is 0 Å². The van der Waals surface area contributed by atoms with E-state index in [4.69, 9.17) is 9.97 Å². The molecule has 0 saturated carbocycles. The lowest BCUT2D eigenvalue weighted by Gasteiger charge is -2.26. The van der Waals surface area contributed by atoms with Gasteiger partial charge in [-0.3, -0.25) is 4.79 Å². The van der Waals surface area contributed by atoms with E-state index in [0.29, 0.717) is 29.5 Å². The van der Waals surface area contributed by atoms with Crippen molar-refractivity contribution in [1.82, 2.24) is 24.5 Å². The fraction of sp³-hybridized carbons (Fsp3) is 0.360. The summed E-state index contributed by atoms with van der Waals surface area (Å²) in [4.78, 5) is 26.1. The maximum absolute atomic E-state index is 13.1. The fourth-order valence-electron chi connectivity index (χ4n) is 4.08. The average molecular weight is 463 g/mol. The molecule has 0 bridgehead atoms. The molecule has 4 heterocycles. The Morgan fingerprint density at radius 1 is 1.18 bits per heavy atom. The Labute approximate surface area is 198 Å². The number of hydrogen-bond acceptors (Lipinski definition) is 7. The number of thiophene rings is 1. The molecule has 0 spiro atoms. The van der Waals surface area contributed by atoms with Gasteiger partial charge in [0.1, 0.15) is 5.82 Å². The third kappa shape index (κ3) is 4.96. The van der Waals surface area contributed by atoms with Crippen molar-refractivity contribution in [3.05, 3.63) is 53.7 Å². The van der Waals surface area contributed by atoms with E-state index in [1.807, 2.05) is 42.9 Å². The number of ketones is 1. The molecular weight excluding hydrogens is 432 g/mol. The molecule has 0 unspecified atom stereocenters. The van der Waals surface area contributed by atoms with Crippen molar-refractivity contribution in [1.29, 1.82) is 0 Å². The number of rotatable bonds is 10. The molecule has 0 aliphatic rings. The summed E-state index contributed by atoms with van der Waals surface area (Å²) < 4.78 is 1.74. The second kappa shape index (κ2) is 10.2. The van der Waals surface area contributed by atoms with Crippen molar-refractivity contribution in [3.8, 4) is 21.8 Å². The van der Waals surface area contributed by atoms with Crippen LogP contribution < -0.4 is 5.32 Å². The molecule has 0 saturated heterocycles. The number of Topliss-reactive ketones (excluding diaryl/α,β-unsaturated/α-hetero) is 1. The van der Waals surface area contributed by atoms with E-state index in [0.717, 1.165) is 41.3 Å². The van der Waals surface area contributed by atoms with Crippen molar-refractivity contribution in [2.24, 2.45) is 0 Å². The van der Waals surface area contributed by atoms with Crippen molar-refractivity contribution >= 4 is 28.6 Å². The van der Waals surface area contributed by atoms with Gasteiger partial charge in [-0.15, -0.1) is 11.3 Å². The molecule has 4 aromatic rings. The summed E-state index contributed by atoms with van der Waals surface area (Å²) in [5, 5.41) is 9.58. The van der Waals surface area contributed by atoms with E-state index in [1.165, 1.54) is 0 Å². The number of carbonyl (C=O) groups is 1. The van der Waals surface area contributed by atoms with Crippen LogP contribution in [-0.4, -0.2) is 56.4 Å². The first-order valence-electron chi connectivity index (χ1n) is 11.4. The topological polar surface area (TPSA) is 75.4 Å². The molecule has 0 aliphatic heterocycles. The van der Waals surface area contributed by atoms with Gasteiger partial charge < -0.3 is 10.2 Å². The lowest BCUT2D eigenvalue weighted by Crippen LogP contribution is -2.33. The van der Waals surface area contributed by atoms with Gasteiger partial charge in [0.15, 0.2) is 11.4 Å². The highest BCUT2D eigenvalue weighted by atomic mass is 32.1. The summed E-state index contributed by atoms with van der Waals surface area (Å²) >= 11 is 1.65. The highest BCUT2D eigenvalue weighted by Gasteiger charge is 2.17. The predicted molar refractivity (Wildman–Crippen MR) is 135 cm³/mol. The third-order valence-electron chi connectivity index (χ3n) is 6.05. The van der Waals surface area contributed by atoms with E-state index in [2.05, 4.69) is 42.2 Å². The van der Waals surface area contributed by atoms with Crippen LogP contribution >= 0.6 is 11.3 Å². The van der Waals surface area contributed by atoms with Crippen LogP contribution in [0, 0.1) is 0 Å². The van der Waals surface area contributed by atoms with E-state index < -0.39 is 0 Å². The Bertz CT molecular complexity index is 1230. The summed E-state index contributed by atoms with van der Waals surface area (Å²) in [6, 6.07) is 10.1. The Hall–Kier alpha value is -3.10. The first-order chi connectivity index (χ1) is 16.0. The number of nitrogens with one attached hydrogen (secondary N) is 1. The summed E-state index contributed by atoms with van der Waals surface area (Å²) in [5.74, 6) is 0.777. The molecule has 1 N–H and O–H groups in total. The minimum atomic E-state index is 0.123. The molecule has 172 valence electrons. The number of aromatic nitrogens is 4. The highest BCUT2D eigenvalue weighted by Crippen LogP contribution is 2.28. The molecule has 4 rings (SSSR count). The quantitative estimate of drug-likeness (QED) is 0.324. The molecule has 0 aliphatic carbocycles. The molecule has 8 heteroatoms. The van der Waals surface area contributed by atoms with Gasteiger partial charge >= 0.3 is 0 Å². The molecule has 7 nitrogen and oxygen atoms in total. The third-order valence-corrected chi connectivity index (χ3v) is 6.94. The van der Waals surface area contributed by atoms with Gasteiger partial charge in [0.25, 0.3) is 0 Å². The van der Waals surface area contributed by atoms with Gasteiger partial charge in [-0.25, -0.2) is 14.5 Å². The van der Waals surface area contributed by atoms with Crippen LogP contribution in [0.1, 0.15) is 44.0 Å².